The average Bonchev–Trinajstić information content (AvgIpc) is 3.14. The first-order valence-corrected chi connectivity index (χ1v) is 11.8. The number of aromatic nitrogens is 3. The monoisotopic (exact) mass is 503 g/mol. The fraction of sp³-hybridized carbons (Fsp3) is 0.348. The third-order valence-electron chi connectivity index (χ3n) is 5.03. The first-order valence-electron chi connectivity index (χ1n) is 10.5. The van der Waals surface area contributed by atoms with Crippen LogP contribution in [0, 0.1) is 10.1 Å². The Hall–Kier alpha value is -3.11. The van der Waals surface area contributed by atoms with Gasteiger partial charge in [0, 0.05) is 19.2 Å². The van der Waals surface area contributed by atoms with Crippen LogP contribution in [0.25, 0.3) is 0 Å². The number of hydrogen-bond donors (Lipinski definition) is 1. The highest BCUT2D eigenvalue weighted by Gasteiger charge is 2.19. The SMILES string of the molecule is CC(Oc1ccc(C(C)(C)C)cc1)c1nnc(SCC(=O)Nc2cc([N+](=O)[O-])ccc2Cl)n1C. The van der Waals surface area contributed by atoms with Gasteiger partial charge in [-0.1, -0.05) is 56.3 Å². The third kappa shape index (κ3) is 6.27. The molecule has 1 aromatic heterocycles. The molecule has 9 nitrogen and oxygen atoms in total. The van der Waals surface area contributed by atoms with Crippen LogP contribution in [-0.4, -0.2) is 31.3 Å². The van der Waals surface area contributed by atoms with E-state index in [1.165, 1.54) is 35.5 Å². The van der Waals surface area contributed by atoms with E-state index in [-0.39, 0.29) is 39.6 Å². The molecule has 1 N–H and O–H groups in total. The van der Waals surface area contributed by atoms with E-state index in [1.807, 2.05) is 31.2 Å². The number of amides is 1. The van der Waals surface area contributed by atoms with Gasteiger partial charge in [-0.15, -0.1) is 10.2 Å². The van der Waals surface area contributed by atoms with Crippen molar-refractivity contribution in [2.75, 3.05) is 11.1 Å². The zero-order valence-corrected chi connectivity index (χ0v) is 21.1. The number of halogens is 1. The summed E-state index contributed by atoms with van der Waals surface area (Å²) in [5, 5.41) is 22.7. The zero-order chi connectivity index (χ0) is 25.0. The molecular weight excluding hydrogens is 478 g/mol. The number of rotatable bonds is 8. The summed E-state index contributed by atoms with van der Waals surface area (Å²) in [6, 6.07) is 11.8. The van der Waals surface area contributed by atoms with Gasteiger partial charge in [-0.2, -0.15) is 0 Å². The Labute approximate surface area is 207 Å². The van der Waals surface area contributed by atoms with Crippen molar-refractivity contribution in [1.82, 2.24) is 14.8 Å². The molecule has 3 aromatic rings. The van der Waals surface area contributed by atoms with E-state index in [9.17, 15) is 14.9 Å². The number of nitrogens with one attached hydrogen (secondary N) is 1. The fourth-order valence-electron chi connectivity index (χ4n) is 3.14. The van der Waals surface area contributed by atoms with Crippen LogP contribution in [0.15, 0.2) is 47.6 Å². The molecule has 0 radical (unpaired) electrons. The number of anilines is 1. The van der Waals surface area contributed by atoms with Crippen LogP contribution >= 0.6 is 23.4 Å². The smallest absolute Gasteiger partial charge is 0.271 e. The molecule has 0 saturated carbocycles. The topological polar surface area (TPSA) is 112 Å². The van der Waals surface area contributed by atoms with Crippen molar-refractivity contribution in [3.8, 4) is 5.75 Å². The van der Waals surface area contributed by atoms with Gasteiger partial charge in [0.1, 0.15) is 5.75 Å². The van der Waals surface area contributed by atoms with Crippen molar-refractivity contribution in [3.63, 3.8) is 0 Å². The second kappa shape index (κ2) is 10.4. The van der Waals surface area contributed by atoms with E-state index in [4.69, 9.17) is 16.3 Å². The van der Waals surface area contributed by atoms with Gasteiger partial charge < -0.3 is 14.6 Å². The quantitative estimate of drug-likeness (QED) is 0.244. The van der Waals surface area contributed by atoms with Crippen molar-refractivity contribution < 1.29 is 14.5 Å². The standard InChI is InChI=1S/C23H26ClN5O4S/c1-14(33-17-9-6-15(7-10-17)23(2,3)4)21-26-27-22(28(21)5)34-13-20(30)25-19-12-16(29(31)32)8-11-18(19)24/h6-12,14H,13H2,1-5H3,(H,25,30). The number of hydrogen-bond acceptors (Lipinski definition) is 7. The molecule has 0 saturated heterocycles. The number of nitro benzene ring substituents is 1. The summed E-state index contributed by atoms with van der Waals surface area (Å²) in [6.45, 7) is 8.35. The summed E-state index contributed by atoms with van der Waals surface area (Å²) in [6.07, 6.45) is -0.357. The second-order valence-electron chi connectivity index (χ2n) is 8.69. The third-order valence-corrected chi connectivity index (χ3v) is 6.38. The highest BCUT2D eigenvalue weighted by molar-refractivity contribution is 7.99. The van der Waals surface area contributed by atoms with E-state index in [0.717, 1.165) is 5.75 Å². The van der Waals surface area contributed by atoms with Crippen LogP contribution in [0.4, 0.5) is 11.4 Å². The minimum Gasteiger partial charge on any atom is -0.483 e. The van der Waals surface area contributed by atoms with Crippen molar-refractivity contribution in [3.05, 3.63) is 69.0 Å². The van der Waals surface area contributed by atoms with Crippen molar-refractivity contribution >= 4 is 40.6 Å². The Kier molecular flexibility index (Phi) is 7.83. The number of benzene rings is 2. The Bertz CT molecular complexity index is 1190. The van der Waals surface area contributed by atoms with Crippen LogP contribution < -0.4 is 10.1 Å². The molecule has 0 spiro atoms. The average molecular weight is 504 g/mol. The van der Waals surface area contributed by atoms with Gasteiger partial charge in [0.15, 0.2) is 17.1 Å². The van der Waals surface area contributed by atoms with Crippen LogP contribution in [0.2, 0.25) is 5.02 Å². The molecule has 0 bridgehead atoms. The molecular formula is C23H26ClN5O4S. The number of ether oxygens (including phenoxy) is 1. The number of nitrogens with zero attached hydrogens (tertiary/aromatic N) is 4. The highest BCUT2D eigenvalue weighted by atomic mass is 35.5. The fourth-order valence-corrected chi connectivity index (χ4v) is 4.02. The highest BCUT2D eigenvalue weighted by Crippen LogP contribution is 2.29. The number of thioether (sulfide) groups is 1. The largest absolute Gasteiger partial charge is 0.483 e. The summed E-state index contributed by atoms with van der Waals surface area (Å²) in [4.78, 5) is 22.8. The zero-order valence-electron chi connectivity index (χ0n) is 19.5. The summed E-state index contributed by atoms with van der Waals surface area (Å²) >= 11 is 7.22. The summed E-state index contributed by atoms with van der Waals surface area (Å²) < 4.78 is 7.80. The maximum Gasteiger partial charge on any atom is 0.271 e. The minimum absolute atomic E-state index is 0.0223. The van der Waals surface area contributed by atoms with Crippen LogP contribution in [0.3, 0.4) is 0 Å². The molecule has 1 unspecified atom stereocenters. The van der Waals surface area contributed by atoms with Gasteiger partial charge in [0.2, 0.25) is 5.91 Å². The molecule has 1 amide bonds. The molecule has 11 heteroatoms. The van der Waals surface area contributed by atoms with E-state index in [2.05, 4.69) is 36.3 Å². The van der Waals surface area contributed by atoms with Crippen molar-refractivity contribution in [2.45, 2.75) is 44.4 Å². The van der Waals surface area contributed by atoms with Gasteiger partial charge in [0.25, 0.3) is 5.69 Å². The van der Waals surface area contributed by atoms with E-state index in [0.29, 0.717) is 11.0 Å². The summed E-state index contributed by atoms with van der Waals surface area (Å²) in [5.41, 5.74) is 1.30. The molecule has 34 heavy (non-hydrogen) atoms. The lowest BCUT2D eigenvalue weighted by Crippen LogP contribution is -2.15. The maximum absolute atomic E-state index is 12.4. The van der Waals surface area contributed by atoms with Gasteiger partial charge in [-0.25, -0.2) is 0 Å². The predicted octanol–water partition coefficient (Wildman–Crippen LogP) is 5.55. The molecule has 3 rings (SSSR count). The Morgan fingerprint density at radius 2 is 1.91 bits per heavy atom. The van der Waals surface area contributed by atoms with Crippen molar-refractivity contribution in [1.29, 1.82) is 0 Å². The predicted molar refractivity (Wildman–Crippen MR) is 133 cm³/mol. The first-order chi connectivity index (χ1) is 16.0. The maximum atomic E-state index is 12.4. The number of nitro groups is 1. The van der Waals surface area contributed by atoms with Crippen LogP contribution in [0.1, 0.15) is 45.2 Å². The van der Waals surface area contributed by atoms with Gasteiger partial charge in [-0.3, -0.25) is 14.9 Å². The Morgan fingerprint density at radius 1 is 1.24 bits per heavy atom. The molecule has 2 aromatic carbocycles. The summed E-state index contributed by atoms with van der Waals surface area (Å²) in [7, 11) is 1.80. The van der Waals surface area contributed by atoms with Crippen molar-refractivity contribution in [2.24, 2.45) is 7.05 Å². The van der Waals surface area contributed by atoms with E-state index < -0.39 is 4.92 Å². The Balaban J connectivity index is 1.60. The molecule has 0 aliphatic carbocycles. The molecule has 1 heterocycles. The second-order valence-corrected chi connectivity index (χ2v) is 10.0. The number of carbonyl (C=O) groups is 1. The van der Waals surface area contributed by atoms with Crippen LogP contribution in [-0.2, 0) is 17.3 Å². The normalized spacial score (nSPS) is 12.3. The van der Waals surface area contributed by atoms with Gasteiger partial charge in [-0.05, 0) is 36.1 Å². The molecule has 1 atom stereocenters. The lowest BCUT2D eigenvalue weighted by Gasteiger charge is -2.20. The summed E-state index contributed by atoms with van der Waals surface area (Å²) in [5.74, 6) is 0.990. The van der Waals surface area contributed by atoms with Gasteiger partial charge in [0.05, 0.1) is 21.4 Å². The first kappa shape index (κ1) is 25.5. The molecule has 0 fully saturated rings. The van der Waals surface area contributed by atoms with Crippen LogP contribution in [0.5, 0.6) is 5.75 Å². The number of carbonyl (C=O) groups excluding carboxylic acids is 1. The molecule has 0 aliphatic rings. The van der Waals surface area contributed by atoms with Gasteiger partial charge >= 0.3 is 0 Å². The molecule has 180 valence electrons. The van der Waals surface area contributed by atoms with E-state index in [1.54, 1.807) is 11.6 Å². The van der Waals surface area contributed by atoms with E-state index >= 15 is 0 Å². The minimum atomic E-state index is -0.552. The molecule has 0 aliphatic heterocycles. The number of non-ortho nitro benzene ring substituents is 1. The Morgan fingerprint density at radius 3 is 2.53 bits per heavy atom. The lowest BCUT2D eigenvalue weighted by atomic mass is 9.87. The lowest BCUT2D eigenvalue weighted by molar-refractivity contribution is -0.384.